The van der Waals surface area contributed by atoms with Crippen molar-refractivity contribution < 1.29 is 32.7 Å². The maximum atomic E-state index is 14.4. The second-order valence-corrected chi connectivity index (χ2v) is 12.9. The highest BCUT2D eigenvalue weighted by atomic mass is 19.1. The number of rotatable bonds is 9. The van der Waals surface area contributed by atoms with Gasteiger partial charge in [0.1, 0.15) is 11.6 Å². The maximum absolute atomic E-state index is 14.4. The number of benzene rings is 2. The van der Waals surface area contributed by atoms with E-state index in [1.807, 2.05) is 0 Å². The fourth-order valence-electron chi connectivity index (χ4n) is 6.25. The summed E-state index contributed by atoms with van der Waals surface area (Å²) in [5, 5.41) is 0. The number of amides is 4. The van der Waals surface area contributed by atoms with Crippen LogP contribution >= 0.6 is 0 Å². The fraction of sp³-hybridized carbons (Fsp3) is 0.350. The number of carbonyl (C=O) groups is 4. The van der Waals surface area contributed by atoms with Gasteiger partial charge in [-0.15, -0.1) is 0 Å². The molecular weight excluding hydrogens is 696 g/mol. The molecule has 0 radical (unpaired) electrons. The molecule has 2 aromatic heterocycles. The van der Waals surface area contributed by atoms with Gasteiger partial charge in [0.2, 0.25) is 0 Å². The number of nitrogens with two attached hydrogens (primary N) is 1. The summed E-state index contributed by atoms with van der Waals surface area (Å²) in [4.78, 5) is 64.1. The Balaban J connectivity index is 0.000000208. The predicted octanol–water partition coefficient (Wildman–Crippen LogP) is 6.59. The number of halogens is 2. The predicted molar refractivity (Wildman–Crippen MR) is 200 cm³/mol. The van der Waals surface area contributed by atoms with E-state index in [0.717, 1.165) is 38.5 Å². The lowest BCUT2D eigenvalue weighted by molar-refractivity contribution is 0.0600. The molecular formula is C40H45F2N7O5. The first kappa shape index (κ1) is 39.4. The van der Waals surface area contributed by atoms with E-state index in [1.165, 1.54) is 41.4 Å². The molecule has 0 saturated carbocycles. The van der Waals surface area contributed by atoms with Gasteiger partial charge in [0.15, 0.2) is 5.78 Å². The number of ketones is 1. The van der Waals surface area contributed by atoms with Gasteiger partial charge in [-0.2, -0.15) is 0 Å². The number of pyridine rings is 2. The Morgan fingerprint density at radius 3 is 1.44 bits per heavy atom. The molecule has 4 heterocycles. The summed E-state index contributed by atoms with van der Waals surface area (Å²) in [6.07, 6.45) is 8.82. The highest BCUT2D eigenvalue weighted by Crippen LogP contribution is 2.25. The van der Waals surface area contributed by atoms with Crippen LogP contribution in [0.2, 0.25) is 0 Å². The van der Waals surface area contributed by atoms with Crippen LogP contribution in [0.15, 0.2) is 85.2 Å². The molecule has 0 spiro atoms. The lowest BCUT2D eigenvalue weighted by atomic mass is 10.1. The molecule has 14 heteroatoms. The molecule has 54 heavy (non-hydrogen) atoms. The molecule has 2 saturated heterocycles. The van der Waals surface area contributed by atoms with E-state index >= 15 is 0 Å². The van der Waals surface area contributed by atoms with E-state index in [-0.39, 0.29) is 48.9 Å². The molecule has 2 fully saturated rings. The van der Waals surface area contributed by atoms with Crippen LogP contribution in [-0.4, -0.2) is 83.4 Å². The van der Waals surface area contributed by atoms with Gasteiger partial charge in [0.25, 0.3) is 0 Å². The van der Waals surface area contributed by atoms with Crippen molar-refractivity contribution in [1.82, 2.24) is 19.8 Å². The number of carbonyl (C=O) groups excluding carboxylic acids is 4. The number of piperidine rings is 2. The number of nitrogens with zero attached hydrogens (tertiary/aromatic N) is 6. The van der Waals surface area contributed by atoms with Crippen molar-refractivity contribution in [2.24, 2.45) is 5.73 Å². The number of urea groups is 2. The minimum Gasteiger partial charge on any atom is -0.465 e. The Kier molecular flexibility index (Phi) is 14.1. The molecule has 284 valence electrons. The summed E-state index contributed by atoms with van der Waals surface area (Å²) in [6, 6.07) is 18.5. The second-order valence-electron chi connectivity index (χ2n) is 12.9. The monoisotopic (exact) mass is 741 g/mol. The van der Waals surface area contributed by atoms with Gasteiger partial charge in [-0.05, 0) is 87.1 Å². The quantitative estimate of drug-likeness (QED) is 0.150. The number of hydrogen-bond donors (Lipinski definition) is 1. The van der Waals surface area contributed by atoms with Crippen molar-refractivity contribution in [3.05, 3.63) is 119 Å². The van der Waals surface area contributed by atoms with Crippen molar-refractivity contribution >= 4 is 35.2 Å². The number of anilines is 2. The second kappa shape index (κ2) is 19.4. The molecule has 0 atom stereocenters. The van der Waals surface area contributed by atoms with E-state index in [1.54, 1.807) is 70.5 Å². The number of hydrogen-bond acceptors (Lipinski definition) is 8. The number of ether oxygens (including phenoxy) is 1. The Morgan fingerprint density at radius 1 is 0.648 bits per heavy atom. The van der Waals surface area contributed by atoms with Crippen molar-refractivity contribution in [1.29, 1.82) is 0 Å². The van der Waals surface area contributed by atoms with E-state index in [0.29, 0.717) is 48.7 Å². The first-order chi connectivity index (χ1) is 26.2. The van der Waals surface area contributed by atoms with Crippen LogP contribution in [0, 0.1) is 11.6 Å². The number of esters is 1. The van der Waals surface area contributed by atoms with Crippen molar-refractivity contribution in [3.8, 4) is 0 Å². The van der Waals surface area contributed by atoms with Crippen molar-refractivity contribution in [2.45, 2.75) is 51.6 Å². The van der Waals surface area contributed by atoms with E-state index in [2.05, 4.69) is 14.7 Å². The van der Waals surface area contributed by atoms with E-state index in [4.69, 9.17) is 5.73 Å². The summed E-state index contributed by atoms with van der Waals surface area (Å²) < 4.78 is 33.4. The molecule has 12 nitrogen and oxygen atoms in total. The minimum absolute atomic E-state index is 0.0875. The van der Waals surface area contributed by atoms with Crippen LogP contribution in [0.1, 0.15) is 70.6 Å². The summed E-state index contributed by atoms with van der Waals surface area (Å²) in [7, 11) is 1.30. The third-order valence-corrected chi connectivity index (χ3v) is 9.22. The lowest BCUT2D eigenvalue weighted by Gasteiger charge is -2.33. The summed E-state index contributed by atoms with van der Waals surface area (Å²) >= 11 is 0. The highest BCUT2D eigenvalue weighted by molar-refractivity contribution is 5.97. The smallest absolute Gasteiger partial charge is 0.339 e. The molecule has 2 aliphatic heterocycles. The third-order valence-electron chi connectivity index (χ3n) is 9.22. The van der Waals surface area contributed by atoms with Crippen LogP contribution < -0.4 is 15.5 Å². The standard InChI is InChI=1S/C20H23FN4O2.C20H22FN3O3/c21-17-6-2-3-7-18(17)25(20(27)24-10-4-1-5-11-24)14-16-9-8-15(13-23-16)19(26)12-22;1-27-19(25)15-9-10-16(22-13-15)14-24(18-8-4-3-7-17(18)21)20(26)23-11-5-2-6-12-23/h2-3,6-9,13H,1,4-5,10-12,14,22H2;3-4,7-10,13H,2,5-6,11-12,14H2,1H3. The van der Waals surface area contributed by atoms with Crippen LogP contribution in [-0.2, 0) is 17.8 Å². The molecule has 0 bridgehead atoms. The number of methoxy groups -OCH3 is 1. The molecule has 2 aliphatic rings. The molecule has 2 N–H and O–H groups in total. The van der Waals surface area contributed by atoms with Gasteiger partial charge in [-0.25, -0.2) is 23.2 Å². The number of Topliss-reactive ketones (excluding diaryl/α,β-unsaturated/α-hetero) is 1. The van der Waals surface area contributed by atoms with Gasteiger partial charge >= 0.3 is 18.0 Å². The normalized spacial score (nSPS) is 14.0. The largest absolute Gasteiger partial charge is 0.465 e. The number of para-hydroxylation sites is 2. The first-order valence-electron chi connectivity index (χ1n) is 18.0. The van der Waals surface area contributed by atoms with Crippen LogP contribution in [0.25, 0.3) is 0 Å². The Morgan fingerprint density at radius 2 is 1.07 bits per heavy atom. The van der Waals surface area contributed by atoms with Gasteiger partial charge in [-0.3, -0.25) is 24.6 Å². The van der Waals surface area contributed by atoms with E-state index < -0.39 is 17.6 Å². The van der Waals surface area contributed by atoms with E-state index in [9.17, 15) is 28.0 Å². The number of likely N-dealkylation sites (tertiary alicyclic amines) is 2. The van der Waals surface area contributed by atoms with Gasteiger partial charge in [0.05, 0.1) is 55.1 Å². The molecule has 0 unspecified atom stereocenters. The number of aromatic nitrogens is 2. The molecule has 6 rings (SSSR count). The average Bonchev–Trinajstić information content (AvgIpc) is 3.23. The topological polar surface area (TPSA) is 142 Å². The van der Waals surface area contributed by atoms with Crippen molar-refractivity contribution in [2.75, 3.05) is 49.6 Å². The van der Waals surface area contributed by atoms with Gasteiger partial charge < -0.3 is 20.3 Å². The zero-order valence-corrected chi connectivity index (χ0v) is 30.3. The lowest BCUT2D eigenvalue weighted by Crippen LogP contribution is -2.45. The van der Waals surface area contributed by atoms with Crippen molar-refractivity contribution in [3.63, 3.8) is 0 Å². The summed E-state index contributed by atoms with van der Waals surface area (Å²) in [5.41, 5.74) is 7.65. The molecule has 4 amide bonds. The third kappa shape index (κ3) is 10.2. The van der Waals surface area contributed by atoms with Crippen LogP contribution in [0.3, 0.4) is 0 Å². The van der Waals surface area contributed by atoms with Crippen LogP contribution in [0.5, 0.6) is 0 Å². The van der Waals surface area contributed by atoms with Gasteiger partial charge in [0, 0.05) is 44.1 Å². The van der Waals surface area contributed by atoms with Crippen LogP contribution in [0.4, 0.5) is 29.7 Å². The average molecular weight is 742 g/mol. The highest BCUT2D eigenvalue weighted by Gasteiger charge is 2.28. The molecule has 4 aromatic rings. The Hall–Kier alpha value is -5.76. The zero-order valence-electron chi connectivity index (χ0n) is 30.3. The minimum atomic E-state index is -0.482. The molecule has 2 aromatic carbocycles. The SMILES string of the molecule is COC(=O)c1ccc(CN(C(=O)N2CCCCC2)c2ccccc2F)nc1.NCC(=O)c1ccc(CN(C(=O)N2CCCCC2)c2ccccc2F)nc1. The maximum Gasteiger partial charge on any atom is 0.339 e. The molecule has 0 aliphatic carbocycles. The summed E-state index contributed by atoms with van der Waals surface area (Å²) in [5.74, 6) is -1.61. The fourth-order valence-corrected chi connectivity index (χ4v) is 6.25. The zero-order chi connectivity index (χ0) is 38.5. The van der Waals surface area contributed by atoms with Gasteiger partial charge in [-0.1, -0.05) is 24.3 Å². The first-order valence-corrected chi connectivity index (χ1v) is 18.0. The Labute approximate surface area is 313 Å². The Bertz CT molecular complexity index is 1750. The summed E-state index contributed by atoms with van der Waals surface area (Å²) in [6.45, 7) is 2.81.